The fourth-order valence-corrected chi connectivity index (χ4v) is 8.10. The zero-order valence-corrected chi connectivity index (χ0v) is 25.8. The molecule has 3 heterocycles. The van der Waals surface area contributed by atoms with Gasteiger partial charge in [-0.2, -0.15) is 0 Å². The molecule has 4 heteroatoms. The van der Waals surface area contributed by atoms with Gasteiger partial charge in [0.05, 0.1) is 39.3 Å². The Balaban J connectivity index is 1.33. The van der Waals surface area contributed by atoms with Gasteiger partial charge in [0.1, 0.15) is 0 Å². The van der Waals surface area contributed by atoms with E-state index >= 15 is 0 Å². The van der Waals surface area contributed by atoms with Gasteiger partial charge >= 0.3 is 0 Å². The molecule has 0 saturated heterocycles. The predicted molar refractivity (Wildman–Crippen MR) is 201 cm³/mol. The van der Waals surface area contributed by atoms with Crippen LogP contribution >= 0.6 is 0 Å². The Hall–Kier alpha value is -6.52. The van der Waals surface area contributed by atoms with E-state index in [4.69, 9.17) is 9.97 Å². The third-order valence-electron chi connectivity index (χ3n) is 10.1. The van der Waals surface area contributed by atoms with Crippen LogP contribution in [-0.4, -0.2) is 19.1 Å². The molecule has 0 aliphatic carbocycles. The summed E-state index contributed by atoms with van der Waals surface area (Å²) in [6.45, 7) is 0. The van der Waals surface area contributed by atoms with Gasteiger partial charge in [0.15, 0.2) is 5.82 Å². The van der Waals surface area contributed by atoms with Gasteiger partial charge in [-0.15, -0.1) is 0 Å². The second-order valence-electron chi connectivity index (χ2n) is 12.6. The molecule has 0 radical (unpaired) electrons. The molecule has 0 saturated carbocycles. The summed E-state index contributed by atoms with van der Waals surface area (Å²) in [5.41, 5.74) is 7.45. The monoisotopic (exact) mass is 610 g/mol. The predicted octanol–water partition coefficient (Wildman–Crippen LogP) is 11.3. The highest BCUT2D eigenvalue weighted by Gasteiger charge is 2.22. The first kappa shape index (κ1) is 25.6. The molecule has 0 spiro atoms. The summed E-state index contributed by atoms with van der Waals surface area (Å²) in [5, 5.41) is 12.4. The van der Waals surface area contributed by atoms with Gasteiger partial charge in [0.25, 0.3) is 0 Å². The van der Waals surface area contributed by atoms with Gasteiger partial charge < -0.3 is 4.57 Å². The first-order chi connectivity index (χ1) is 23.8. The summed E-state index contributed by atoms with van der Waals surface area (Å²) in [6, 6.07) is 54.6. The smallest absolute Gasteiger partial charge is 0.156 e. The van der Waals surface area contributed by atoms with Crippen LogP contribution in [0.25, 0.3) is 98.5 Å². The topological polar surface area (TPSA) is 35.6 Å². The van der Waals surface area contributed by atoms with Crippen molar-refractivity contribution in [3.05, 3.63) is 158 Å². The highest BCUT2D eigenvalue weighted by atomic mass is 15.1. The van der Waals surface area contributed by atoms with E-state index in [9.17, 15) is 0 Å². The fraction of sp³-hybridized carbons (Fsp3) is 0. The number of fused-ring (bicyclic) bond motifs is 14. The van der Waals surface area contributed by atoms with E-state index in [1.54, 1.807) is 0 Å². The number of hydrogen-bond donors (Lipinski definition) is 0. The van der Waals surface area contributed by atoms with E-state index in [0.29, 0.717) is 0 Å². The van der Waals surface area contributed by atoms with Crippen LogP contribution in [0.1, 0.15) is 0 Å². The van der Waals surface area contributed by atoms with Crippen molar-refractivity contribution in [1.29, 1.82) is 0 Å². The van der Waals surface area contributed by atoms with Crippen LogP contribution in [0.15, 0.2) is 158 Å². The molecule has 11 aromatic rings. The lowest BCUT2D eigenvalue weighted by molar-refractivity contribution is 1.07. The SMILES string of the molecule is c1ccc2nc(-n3c4ccccc4c4ccc5c6ccccc6n(-c6ccc7c8ccccc8c8ccccc8c7c6)c5c43)cnc2c1. The van der Waals surface area contributed by atoms with E-state index in [0.717, 1.165) is 39.1 Å². The van der Waals surface area contributed by atoms with Gasteiger partial charge in [-0.25, -0.2) is 4.98 Å². The number of para-hydroxylation sites is 4. The summed E-state index contributed by atoms with van der Waals surface area (Å²) in [5.74, 6) is 0.806. The minimum atomic E-state index is 0.806. The van der Waals surface area contributed by atoms with Crippen LogP contribution < -0.4 is 0 Å². The van der Waals surface area contributed by atoms with Crippen LogP contribution in [0, 0.1) is 0 Å². The van der Waals surface area contributed by atoms with E-state index < -0.39 is 0 Å². The number of nitrogens with zero attached hydrogens (tertiary/aromatic N) is 4. The van der Waals surface area contributed by atoms with Gasteiger partial charge in [-0.3, -0.25) is 9.55 Å². The lowest BCUT2D eigenvalue weighted by Crippen LogP contribution is -2.01. The molecule has 0 aliphatic heterocycles. The Kier molecular flexibility index (Phi) is 5.08. The van der Waals surface area contributed by atoms with Crippen LogP contribution in [0.2, 0.25) is 0 Å². The maximum atomic E-state index is 5.18. The van der Waals surface area contributed by atoms with Crippen molar-refractivity contribution in [2.24, 2.45) is 0 Å². The Labute approximate surface area is 274 Å². The molecule has 4 nitrogen and oxygen atoms in total. The standard InChI is InChI=1S/C44H26N4/c1-2-13-30-28(11-1)29-12-3-4-14-31(29)37-25-27(21-22-32(30)37)47-40-19-9-5-15-33(40)35-23-24-36-34-16-6-10-20-41(34)48(44(36)43(35)47)42-26-45-38-17-7-8-18-39(38)46-42/h1-26H. The molecule has 0 N–H and O–H groups in total. The van der Waals surface area contributed by atoms with Crippen LogP contribution in [0.3, 0.4) is 0 Å². The summed E-state index contributed by atoms with van der Waals surface area (Å²) in [7, 11) is 0. The number of benzene rings is 8. The van der Waals surface area contributed by atoms with E-state index in [1.807, 2.05) is 30.5 Å². The molecule has 3 aromatic heterocycles. The number of hydrogen-bond acceptors (Lipinski definition) is 2. The quantitative estimate of drug-likeness (QED) is 0.183. The van der Waals surface area contributed by atoms with Crippen molar-refractivity contribution in [3.8, 4) is 11.5 Å². The molecule has 0 aliphatic rings. The second kappa shape index (κ2) is 9.50. The summed E-state index contributed by atoms with van der Waals surface area (Å²) in [6.07, 6.45) is 1.91. The summed E-state index contributed by atoms with van der Waals surface area (Å²) in [4.78, 5) is 10.0. The van der Waals surface area contributed by atoms with Crippen molar-refractivity contribution in [3.63, 3.8) is 0 Å². The van der Waals surface area contributed by atoms with E-state index in [-0.39, 0.29) is 0 Å². The molecule has 0 unspecified atom stereocenters. The van der Waals surface area contributed by atoms with Crippen molar-refractivity contribution in [2.75, 3.05) is 0 Å². The maximum Gasteiger partial charge on any atom is 0.156 e. The largest absolute Gasteiger partial charge is 0.307 e. The number of rotatable bonds is 2. The van der Waals surface area contributed by atoms with Gasteiger partial charge in [0.2, 0.25) is 0 Å². The Morgan fingerprint density at radius 2 is 0.812 bits per heavy atom. The number of aromatic nitrogens is 4. The average molecular weight is 611 g/mol. The van der Waals surface area contributed by atoms with Crippen LogP contribution in [0.5, 0.6) is 0 Å². The third-order valence-corrected chi connectivity index (χ3v) is 10.1. The molecule has 0 fully saturated rings. The molecule has 11 rings (SSSR count). The Morgan fingerprint density at radius 3 is 1.46 bits per heavy atom. The van der Waals surface area contributed by atoms with Gasteiger partial charge in [-0.1, -0.05) is 115 Å². The highest BCUT2D eigenvalue weighted by Crippen LogP contribution is 2.43. The zero-order chi connectivity index (χ0) is 31.3. The van der Waals surface area contributed by atoms with Gasteiger partial charge in [0, 0.05) is 27.2 Å². The van der Waals surface area contributed by atoms with Crippen molar-refractivity contribution in [2.45, 2.75) is 0 Å². The maximum absolute atomic E-state index is 5.18. The van der Waals surface area contributed by atoms with Crippen LogP contribution in [0.4, 0.5) is 0 Å². The molecule has 0 bridgehead atoms. The Bertz CT molecular complexity index is 3090. The normalized spacial score (nSPS) is 12.2. The average Bonchev–Trinajstić information content (AvgIpc) is 3.68. The minimum absolute atomic E-state index is 0.806. The molecule has 48 heavy (non-hydrogen) atoms. The lowest BCUT2D eigenvalue weighted by Gasteiger charge is -2.15. The molecule has 0 amide bonds. The molecule has 8 aromatic carbocycles. The Morgan fingerprint density at radius 1 is 0.354 bits per heavy atom. The molecule has 0 atom stereocenters. The first-order valence-corrected chi connectivity index (χ1v) is 16.3. The zero-order valence-electron chi connectivity index (χ0n) is 25.8. The van der Waals surface area contributed by atoms with E-state index in [2.05, 4.69) is 137 Å². The lowest BCUT2D eigenvalue weighted by atomic mass is 9.94. The van der Waals surface area contributed by atoms with Crippen molar-refractivity contribution >= 4 is 87.0 Å². The summed E-state index contributed by atoms with van der Waals surface area (Å²) >= 11 is 0. The van der Waals surface area contributed by atoms with Gasteiger partial charge in [-0.05, 0) is 68.7 Å². The van der Waals surface area contributed by atoms with E-state index in [1.165, 1.54) is 59.4 Å². The molecular weight excluding hydrogens is 585 g/mol. The van der Waals surface area contributed by atoms with Crippen molar-refractivity contribution < 1.29 is 0 Å². The fourth-order valence-electron chi connectivity index (χ4n) is 8.10. The third kappa shape index (κ3) is 3.38. The minimum Gasteiger partial charge on any atom is -0.307 e. The molecular formula is C44H26N4. The molecule has 222 valence electrons. The van der Waals surface area contributed by atoms with Crippen LogP contribution in [-0.2, 0) is 0 Å². The summed E-state index contributed by atoms with van der Waals surface area (Å²) < 4.78 is 4.77. The van der Waals surface area contributed by atoms with Crippen molar-refractivity contribution in [1.82, 2.24) is 19.1 Å². The second-order valence-corrected chi connectivity index (χ2v) is 12.6. The highest BCUT2D eigenvalue weighted by molar-refractivity contribution is 6.27. The first-order valence-electron chi connectivity index (χ1n) is 16.3.